The number of fused-ring (bicyclic) bond motifs is 3. The van der Waals surface area contributed by atoms with Crippen LogP contribution in [0.4, 0.5) is 0 Å². The van der Waals surface area contributed by atoms with E-state index in [1.807, 2.05) is 6.08 Å². The topological polar surface area (TPSA) is 38.7 Å². The summed E-state index contributed by atoms with van der Waals surface area (Å²) >= 11 is 0. The number of allylic oxidation sites excluding steroid dienone is 3. The minimum Gasteiger partial charge on any atom is -0.393 e. The smallest absolute Gasteiger partial charge is 0.161 e. The van der Waals surface area contributed by atoms with E-state index in [1.165, 1.54) is 19.3 Å². The lowest BCUT2D eigenvalue weighted by molar-refractivity contribution is -0.127. The predicted octanol–water partition coefficient (Wildman–Crippen LogP) is 3.01. The highest BCUT2D eigenvalue weighted by molar-refractivity contribution is 5.18. The number of hydrogen-bond donors (Lipinski definition) is 1. The third kappa shape index (κ3) is 2.21. The molecular weight excluding hydrogens is 276 g/mol. The molecule has 2 saturated carbocycles. The van der Waals surface area contributed by atoms with Crippen LogP contribution in [0.1, 0.15) is 26.2 Å². The van der Waals surface area contributed by atoms with Crippen LogP contribution in [-0.4, -0.2) is 30.7 Å². The number of ether oxygens (including phenoxy) is 2. The highest BCUT2D eigenvalue weighted by atomic mass is 16.7. The number of rotatable bonds is 2. The first kappa shape index (κ1) is 14.9. The molecule has 1 saturated heterocycles. The second-order valence-electron chi connectivity index (χ2n) is 7.78. The molecule has 1 aliphatic heterocycles. The van der Waals surface area contributed by atoms with Gasteiger partial charge in [0.05, 0.1) is 19.3 Å². The van der Waals surface area contributed by atoms with E-state index in [2.05, 4.69) is 25.7 Å². The SMILES string of the molecule is C=C[C@H]1C=C[C@H]2[C@@H]3C[C@H](C)CC[C@H]3[C@H](O)[C@@H]2[C@H]1C1OCCO1. The Balaban J connectivity index is 1.67. The third-order valence-electron chi connectivity index (χ3n) is 6.67. The molecule has 0 unspecified atom stereocenters. The fourth-order valence-corrected chi connectivity index (χ4v) is 5.71. The lowest BCUT2D eigenvalue weighted by atomic mass is 9.68. The van der Waals surface area contributed by atoms with Gasteiger partial charge in [-0.05, 0) is 36.5 Å². The fraction of sp³-hybridized carbons (Fsp3) is 0.789. The zero-order valence-electron chi connectivity index (χ0n) is 13.4. The largest absolute Gasteiger partial charge is 0.393 e. The van der Waals surface area contributed by atoms with Crippen LogP contribution in [0.2, 0.25) is 0 Å². The second-order valence-corrected chi connectivity index (χ2v) is 7.78. The molecule has 0 aromatic carbocycles. The summed E-state index contributed by atoms with van der Waals surface area (Å²) in [5, 5.41) is 11.1. The molecule has 122 valence electrons. The molecule has 4 aliphatic rings. The minimum absolute atomic E-state index is 0.173. The summed E-state index contributed by atoms with van der Waals surface area (Å²) in [4.78, 5) is 0. The van der Waals surface area contributed by atoms with E-state index in [0.717, 1.165) is 5.92 Å². The Kier molecular flexibility index (Phi) is 3.91. The molecule has 3 nitrogen and oxygen atoms in total. The monoisotopic (exact) mass is 304 g/mol. The van der Waals surface area contributed by atoms with Gasteiger partial charge < -0.3 is 14.6 Å². The van der Waals surface area contributed by atoms with Crippen LogP contribution in [0.25, 0.3) is 0 Å². The van der Waals surface area contributed by atoms with Crippen molar-refractivity contribution in [2.75, 3.05) is 13.2 Å². The van der Waals surface area contributed by atoms with Gasteiger partial charge in [0, 0.05) is 17.8 Å². The van der Waals surface area contributed by atoms with E-state index >= 15 is 0 Å². The van der Waals surface area contributed by atoms with Crippen LogP contribution in [0.15, 0.2) is 24.8 Å². The Morgan fingerprint density at radius 2 is 1.86 bits per heavy atom. The van der Waals surface area contributed by atoms with Crippen molar-refractivity contribution in [3.05, 3.63) is 24.8 Å². The van der Waals surface area contributed by atoms with E-state index in [4.69, 9.17) is 9.47 Å². The quantitative estimate of drug-likeness (QED) is 0.797. The predicted molar refractivity (Wildman–Crippen MR) is 85.0 cm³/mol. The molecule has 0 bridgehead atoms. The number of hydrogen-bond acceptors (Lipinski definition) is 3. The molecule has 1 heterocycles. The van der Waals surface area contributed by atoms with Crippen LogP contribution >= 0.6 is 0 Å². The van der Waals surface area contributed by atoms with Gasteiger partial charge in [0.1, 0.15) is 0 Å². The highest BCUT2D eigenvalue weighted by Crippen LogP contribution is 2.57. The molecular formula is C19H28O3. The Morgan fingerprint density at radius 1 is 1.09 bits per heavy atom. The van der Waals surface area contributed by atoms with Crippen molar-refractivity contribution in [3.63, 3.8) is 0 Å². The molecule has 3 heteroatoms. The van der Waals surface area contributed by atoms with Crippen molar-refractivity contribution in [2.45, 2.75) is 38.6 Å². The van der Waals surface area contributed by atoms with Crippen molar-refractivity contribution < 1.29 is 14.6 Å². The zero-order chi connectivity index (χ0) is 15.3. The van der Waals surface area contributed by atoms with Crippen LogP contribution < -0.4 is 0 Å². The summed E-state index contributed by atoms with van der Waals surface area (Å²) in [6.07, 6.45) is 9.96. The van der Waals surface area contributed by atoms with Gasteiger partial charge in [0.2, 0.25) is 0 Å². The molecule has 0 spiro atoms. The van der Waals surface area contributed by atoms with Gasteiger partial charge >= 0.3 is 0 Å². The highest BCUT2D eigenvalue weighted by Gasteiger charge is 2.56. The second kappa shape index (κ2) is 5.77. The molecule has 4 rings (SSSR count). The first-order valence-electron chi connectivity index (χ1n) is 8.93. The van der Waals surface area contributed by atoms with Crippen LogP contribution in [0, 0.1) is 41.4 Å². The van der Waals surface area contributed by atoms with Gasteiger partial charge in [-0.2, -0.15) is 0 Å². The zero-order valence-corrected chi connectivity index (χ0v) is 13.4. The van der Waals surface area contributed by atoms with Gasteiger partial charge in [0.15, 0.2) is 6.29 Å². The molecule has 1 N–H and O–H groups in total. The molecule has 0 radical (unpaired) electrons. The summed E-state index contributed by atoms with van der Waals surface area (Å²) in [5.74, 6) is 3.09. The first-order valence-corrected chi connectivity index (χ1v) is 8.93. The maximum Gasteiger partial charge on any atom is 0.161 e. The maximum atomic E-state index is 11.1. The molecule has 3 fully saturated rings. The van der Waals surface area contributed by atoms with Gasteiger partial charge in [-0.25, -0.2) is 0 Å². The van der Waals surface area contributed by atoms with Crippen LogP contribution in [-0.2, 0) is 9.47 Å². The summed E-state index contributed by atoms with van der Waals surface area (Å²) in [7, 11) is 0. The van der Waals surface area contributed by atoms with Crippen molar-refractivity contribution >= 4 is 0 Å². The molecule has 0 aromatic heterocycles. The number of aliphatic hydroxyl groups excluding tert-OH is 1. The Morgan fingerprint density at radius 3 is 2.59 bits per heavy atom. The Bertz CT molecular complexity index is 454. The molecule has 0 amide bonds. The standard InChI is InChI=1S/C19H28O3/c1-3-12-5-7-13-15-10-11(2)4-6-14(15)18(20)17(13)16(12)19-21-8-9-22-19/h3,5,7,11-20H,1,4,6,8-10H2,2H3/t11-,12+,13+,14-,15+,16+,17+,18+/m1/s1. The van der Waals surface area contributed by atoms with E-state index in [9.17, 15) is 5.11 Å². The van der Waals surface area contributed by atoms with Crippen molar-refractivity contribution in [1.82, 2.24) is 0 Å². The van der Waals surface area contributed by atoms with Crippen molar-refractivity contribution in [3.8, 4) is 0 Å². The summed E-state index contributed by atoms with van der Waals surface area (Å²) in [5.41, 5.74) is 0. The summed E-state index contributed by atoms with van der Waals surface area (Å²) in [6, 6.07) is 0. The van der Waals surface area contributed by atoms with Crippen molar-refractivity contribution in [1.29, 1.82) is 0 Å². The lowest BCUT2D eigenvalue weighted by Gasteiger charge is -2.40. The molecule has 22 heavy (non-hydrogen) atoms. The van der Waals surface area contributed by atoms with Gasteiger partial charge in [-0.1, -0.05) is 31.6 Å². The van der Waals surface area contributed by atoms with E-state index in [0.29, 0.717) is 31.0 Å². The number of aliphatic hydroxyl groups is 1. The molecule has 0 aromatic rings. The Labute approximate surface area is 133 Å². The minimum atomic E-state index is -0.215. The Hall–Kier alpha value is -0.640. The fourth-order valence-electron chi connectivity index (χ4n) is 5.71. The van der Waals surface area contributed by atoms with E-state index in [1.54, 1.807) is 0 Å². The van der Waals surface area contributed by atoms with Gasteiger partial charge in [-0.15, -0.1) is 6.58 Å². The maximum absolute atomic E-state index is 11.1. The first-order chi connectivity index (χ1) is 10.7. The summed E-state index contributed by atoms with van der Waals surface area (Å²) in [6.45, 7) is 7.71. The average molecular weight is 304 g/mol. The molecule has 8 atom stereocenters. The molecule has 3 aliphatic carbocycles. The van der Waals surface area contributed by atoms with E-state index < -0.39 is 0 Å². The van der Waals surface area contributed by atoms with Crippen molar-refractivity contribution in [2.24, 2.45) is 41.4 Å². The third-order valence-corrected chi connectivity index (χ3v) is 6.67. The van der Waals surface area contributed by atoms with Gasteiger partial charge in [-0.3, -0.25) is 0 Å². The lowest BCUT2D eigenvalue weighted by Crippen LogP contribution is -2.42. The van der Waals surface area contributed by atoms with Gasteiger partial charge in [0.25, 0.3) is 0 Å². The average Bonchev–Trinajstić information content (AvgIpc) is 3.14. The summed E-state index contributed by atoms with van der Waals surface area (Å²) < 4.78 is 11.7. The van der Waals surface area contributed by atoms with E-state index in [-0.39, 0.29) is 30.1 Å². The van der Waals surface area contributed by atoms with Crippen LogP contribution in [0.3, 0.4) is 0 Å². The van der Waals surface area contributed by atoms with Crippen LogP contribution in [0.5, 0.6) is 0 Å². The normalized spacial score (nSPS) is 51.5.